The predicted molar refractivity (Wildman–Crippen MR) is 34.6 cm³/mol. The van der Waals surface area contributed by atoms with E-state index < -0.39 is 0 Å². The standard InChI is InChI=1S/C3H5IS/c4-5-3-1-2-3/h3H,1-2H2. The third kappa shape index (κ3) is 1.30. The van der Waals surface area contributed by atoms with Gasteiger partial charge >= 0.3 is 0 Å². The minimum absolute atomic E-state index is 1.04. The van der Waals surface area contributed by atoms with Gasteiger partial charge in [0.05, 0.1) is 0 Å². The molecule has 0 heterocycles. The zero-order valence-corrected chi connectivity index (χ0v) is 5.75. The quantitative estimate of drug-likeness (QED) is 0.585. The fourth-order valence-electron chi connectivity index (χ4n) is 0.157. The Morgan fingerprint density at radius 1 is 1.60 bits per heavy atom. The van der Waals surface area contributed by atoms with Crippen molar-refractivity contribution >= 4 is 30.1 Å². The second-order valence-corrected chi connectivity index (χ2v) is 3.66. The Morgan fingerprint density at radius 3 is 2.20 bits per heavy atom. The molecule has 1 fully saturated rings. The summed E-state index contributed by atoms with van der Waals surface area (Å²) in [5, 5.41) is 1.04. The van der Waals surface area contributed by atoms with E-state index in [0.29, 0.717) is 0 Å². The molecule has 1 saturated carbocycles. The minimum Gasteiger partial charge on any atom is -0.0860 e. The van der Waals surface area contributed by atoms with Crippen LogP contribution in [0.3, 0.4) is 0 Å². The fraction of sp³-hybridized carbons (Fsp3) is 1.00. The van der Waals surface area contributed by atoms with Crippen LogP contribution in [0.25, 0.3) is 0 Å². The third-order valence-electron chi connectivity index (χ3n) is 0.650. The monoisotopic (exact) mass is 200 g/mol. The molecule has 0 radical (unpaired) electrons. The van der Waals surface area contributed by atoms with Crippen molar-refractivity contribution < 1.29 is 0 Å². The Labute approximate surface area is 48.3 Å². The molecule has 0 aromatic rings. The van der Waals surface area contributed by atoms with Crippen LogP contribution in [0.2, 0.25) is 0 Å². The van der Waals surface area contributed by atoms with Gasteiger partial charge in [0.25, 0.3) is 0 Å². The molecule has 0 saturated heterocycles. The van der Waals surface area contributed by atoms with E-state index in [2.05, 4.69) is 21.2 Å². The highest BCUT2D eigenvalue weighted by atomic mass is 127. The molecule has 1 aliphatic rings. The molecule has 0 spiro atoms. The summed E-state index contributed by atoms with van der Waals surface area (Å²) in [4.78, 5) is 0. The molecule has 0 N–H and O–H groups in total. The molecular formula is C3H5IS. The van der Waals surface area contributed by atoms with Crippen molar-refractivity contribution in [3.05, 3.63) is 0 Å². The van der Waals surface area contributed by atoms with Crippen LogP contribution in [0, 0.1) is 0 Å². The SMILES string of the molecule is ISC1CC1. The van der Waals surface area contributed by atoms with Crippen molar-refractivity contribution in [2.45, 2.75) is 18.1 Å². The highest BCUT2D eigenvalue weighted by molar-refractivity contribution is 14.2. The molecule has 0 atom stereocenters. The van der Waals surface area contributed by atoms with Crippen LogP contribution < -0.4 is 0 Å². The summed E-state index contributed by atoms with van der Waals surface area (Å²) < 4.78 is 0. The van der Waals surface area contributed by atoms with E-state index in [-0.39, 0.29) is 0 Å². The first-order chi connectivity index (χ1) is 2.43. The van der Waals surface area contributed by atoms with E-state index in [9.17, 15) is 0 Å². The van der Waals surface area contributed by atoms with E-state index >= 15 is 0 Å². The van der Waals surface area contributed by atoms with E-state index in [0.717, 1.165) is 5.25 Å². The van der Waals surface area contributed by atoms with Gasteiger partial charge in [-0.05, 0) is 34.0 Å². The largest absolute Gasteiger partial charge is 0.0860 e. The molecule has 1 aliphatic carbocycles. The lowest BCUT2D eigenvalue weighted by Crippen LogP contribution is -1.52. The van der Waals surface area contributed by atoms with Crippen molar-refractivity contribution in [1.82, 2.24) is 0 Å². The van der Waals surface area contributed by atoms with Gasteiger partial charge in [0, 0.05) is 5.25 Å². The van der Waals surface area contributed by atoms with Crippen LogP contribution in [-0.4, -0.2) is 5.25 Å². The summed E-state index contributed by atoms with van der Waals surface area (Å²) in [6.45, 7) is 0. The highest BCUT2D eigenvalue weighted by Crippen LogP contribution is 2.37. The Bertz CT molecular complexity index is 33.9. The van der Waals surface area contributed by atoms with Crippen LogP contribution in [0.15, 0.2) is 0 Å². The average molecular weight is 200 g/mol. The van der Waals surface area contributed by atoms with Gasteiger partial charge in [-0.2, -0.15) is 0 Å². The first-order valence-electron chi connectivity index (χ1n) is 1.71. The molecular weight excluding hydrogens is 195 g/mol. The highest BCUT2D eigenvalue weighted by Gasteiger charge is 2.19. The van der Waals surface area contributed by atoms with Gasteiger partial charge in [0.15, 0.2) is 0 Å². The first-order valence-corrected chi connectivity index (χ1v) is 5.13. The Kier molecular flexibility index (Phi) is 1.43. The number of rotatable bonds is 1. The minimum atomic E-state index is 1.04. The molecule has 0 aromatic carbocycles. The van der Waals surface area contributed by atoms with Crippen molar-refractivity contribution in [2.24, 2.45) is 0 Å². The second-order valence-electron chi connectivity index (χ2n) is 1.29. The zero-order valence-electron chi connectivity index (χ0n) is 2.78. The van der Waals surface area contributed by atoms with E-state index in [1.54, 1.807) is 0 Å². The van der Waals surface area contributed by atoms with E-state index in [4.69, 9.17) is 0 Å². The van der Waals surface area contributed by atoms with Crippen LogP contribution in [-0.2, 0) is 0 Å². The Hall–Kier alpha value is 1.08. The fourth-order valence-corrected chi connectivity index (χ4v) is 2.00. The van der Waals surface area contributed by atoms with Crippen molar-refractivity contribution in [3.63, 3.8) is 0 Å². The van der Waals surface area contributed by atoms with Crippen LogP contribution >= 0.6 is 30.1 Å². The van der Waals surface area contributed by atoms with Crippen molar-refractivity contribution in [2.75, 3.05) is 0 Å². The maximum Gasteiger partial charge on any atom is 0.0148 e. The molecule has 5 heavy (non-hydrogen) atoms. The second kappa shape index (κ2) is 1.69. The molecule has 0 aliphatic heterocycles. The van der Waals surface area contributed by atoms with Crippen LogP contribution in [0.4, 0.5) is 0 Å². The van der Waals surface area contributed by atoms with Gasteiger partial charge in [-0.1, -0.05) is 8.93 Å². The van der Waals surface area contributed by atoms with Crippen molar-refractivity contribution in [3.8, 4) is 0 Å². The summed E-state index contributed by atoms with van der Waals surface area (Å²) in [6.07, 6.45) is 2.93. The van der Waals surface area contributed by atoms with E-state index in [1.165, 1.54) is 12.8 Å². The number of halogens is 1. The van der Waals surface area contributed by atoms with E-state index in [1.807, 2.05) is 8.93 Å². The topological polar surface area (TPSA) is 0 Å². The molecule has 1 rings (SSSR count). The summed E-state index contributed by atoms with van der Waals surface area (Å²) in [7, 11) is 1.96. The normalized spacial score (nSPS) is 23.4. The smallest absolute Gasteiger partial charge is 0.0148 e. The Morgan fingerprint density at radius 2 is 2.20 bits per heavy atom. The van der Waals surface area contributed by atoms with Crippen molar-refractivity contribution in [1.29, 1.82) is 0 Å². The van der Waals surface area contributed by atoms with Gasteiger partial charge in [-0.25, -0.2) is 0 Å². The molecule has 0 bridgehead atoms. The Balaban J connectivity index is 2.00. The molecule has 0 unspecified atom stereocenters. The lowest BCUT2D eigenvalue weighted by molar-refractivity contribution is 1.50. The summed E-state index contributed by atoms with van der Waals surface area (Å²) in [6, 6.07) is 0. The average Bonchev–Trinajstić information content (AvgIpc) is 2.12. The van der Waals surface area contributed by atoms with Gasteiger partial charge in [-0.15, -0.1) is 0 Å². The first kappa shape index (κ1) is 4.24. The maximum absolute atomic E-state index is 2.36. The molecule has 30 valence electrons. The summed E-state index contributed by atoms with van der Waals surface area (Å²) >= 11 is 2.36. The zero-order chi connectivity index (χ0) is 3.70. The lowest BCUT2D eigenvalue weighted by atomic mass is 11.0. The maximum atomic E-state index is 2.36. The number of hydrogen-bond acceptors (Lipinski definition) is 1. The summed E-state index contributed by atoms with van der Waals surface area (Å²) in [5.74, 6) is 0. The number of hydrogen-bond donors (Lipinski definition) is 0. The van der Waals surface area contributed by atoms with Gasteiger partial charge in [0.1, 0.15) is 0 Å². The van der Waals surface area contributed by atoms with Crippen LogP contribution in [0.5, 0.6) is 0 Å². The lowest BCUT2D eigenvalue weighted by Gasteiger charge is -1.70. The predicted octanol–water partition coefficient (Wildman–Crippen LogP) is 2.23. The summed E-state index contributed by atoms with van der Waals surface area (Å²) in [5.41, 5.74) is 0. The van der Waals surface area contributed by atoms with Gasteiger partial charge < -0.3 is 0 Å². The molecule has 0 aromatic heterocycles. The molecule has 2 heteroatoms. The third-order valence-corrected chi connectivity index (χ3v) is 3.53. The van der Waals surface area contributed by atoms with Crippen LogP contribution in [0.1, 0.15) is 12.8 Å². The van der Waals surface area contributed by atoms with Gasteiger partial charge in [0.2, 0.25) is 0 Å². The molecule has 0 nitrogen and oxygen atoms in total. The van der Waals surface area contributed by atoms with Gasteiger partial charge in [-0.3, -0.25) is 0 Å². The molecule has 0 amide bonds.